The lowest BCUT2D eigenvalue weighted by atomic mass is 10.1. The van der Waals surface area contributed by atoms with Crippen molar-refractivity contribution in [1.29, 1.82) is 0 Å². The largest absolute Gasteiger partial charge is 0.467 e. The summed E-state index contributed by atoms with van der Waals surface area (Å²) in [5.74, 6) is 0.670. The Morgan fingerprint density at radius 2 is 1.93 bits per heavy atom. The number of hydrogen-bond donors (Lipinski definition) is 2. The van der Waals surface area contributed by atoms with E-state index in [4.69, 9.17) is 4.42 Å². The lowest BCUT2D eigenvalue weighted by Crippen LogP contribution is -2.36. The Bertz CT molecular complexity index is 1190. The van der Waals surface area contributed by atoms with Gasteiger partial charge in [0, 0.05) is 23.5 Å². The van der Waals surface area contributed by atoms with Crippen molar-refractivity contribution in [3.8, 4) is 0 Å². The van der Waals surface area contributed by atoms with Gasteiger partial charge in [-0.1, -0.05) is 30.3 Å². The monoisotopic (exact) mass is 419 g/mol. The predicted molar refractivity (Wildman–Crippen MR) is 118 cm³/mol. The van der Waals surface area contributed by atoms with Crippen molar-refractivity contribution in [2.75, 3.05) is 7.05 Å². The van der Waals surface area contributed by atoms with Crippen LogP contribution < -0.4 is 10.3 Å². The number of pyridine rings is 1. The smallest absolute Gasteiger partial charge is 0.248 e. The van der Waals surface area contributed by atoms with Gasteiger partial charge < -0.3 is 14.3 Å². The van der Waals surface area contributed by atoms with Crippen LogP contribution in [0.3, 0.4) is 0 Å². The van der Waals surface area contributed by atoms with E-state index in [1.807, 2.05) is 60.7 Å². The molecular weight excluding hydrogens is 398 g/mol. The summed E-state index contributed by atoms with van der Waals surface area (Å²) in [4.78, 5) is 30.1. The molecule has 2 N–H and O–H groups in total. The second-order valence-corrected chi connectivity index (χ2v) is 7.82. The molecule has 6 nitrogen and oxygen atoms in total. The number of rotatable bonds is 7. The Labute approximate surface area is 178 Å². The van der Waals surface area contributed by atoms with Crippen LogP contribution >= 0.6 is 11.9 Å². The molecule has 0 radical (unpaired) electrons. The first-order chi connectivity index (χ1) is 14.6. The second kappa shape index (κ2) is 9.02. The quantitative estimate of drug-likeness (QED) is 0.441. The number of nitrogens with zero attached hydrogens (tertiary/aromatic N) is 1. The number of amides is 1. The second-order valence-electron chi connectivity index (χ2n) is 6.91. The molecule has 0 aliphatic rings. The number of nitrogens with one attached hydrogen (secondary N) is 2. The van der Waals surface area contributed by atoms with Gasteiger partial charge in [0.05, 0.1) is 12.8 Å². The van der Waals surface area contributed by atoms with Gasteiger partial charge in [-0.05, 0) is 59.3 Å². The zero-order chi connectivity index (χ0) is 20.9. The summed E-state index contributed by atoms with van der Waals surface area (Å²) in [5, 5.41) is 0.930. The van der Waals surface area contributed by atoms with Crippen molar-refractivity contribution in [1.82, 2.24) is 14.6 Å². The topological polar surface area (TPSA) is 78.3 Å². The van der Waals surface area contributed by atoms with Crippen LogP contribution in [0, 0.1) is 0 Å². The summed E-state index contributed by atoms with van der Waals surface area (Å²) in [6.07, 6.45) is 1.60. The number of carbonyl (C=O) groups is 1. The number of aromatic amines is 1. The maximum atomic E-state index is 13.2. The highest BCUT2D eigenvalue weighted by Crippen LogP contribution is 2.25. The first-order valence-electron chi connectivity index (χ1n) is 9.48. The maximum Gasteiger partial charge on any atom is 0.248 e. The molecule has 4 rings (SSSR count). The predicted octanol–water partition coefficient (Wildman–Crippen LogP) is 4.12. The molecule has 0 bridgehead atoms. The fourth-order valence-corrected chi connectivity index (χ4v) is 3.98. The number of carbonyl (C=O) groups excluding carboxylic acids is 1. The Morgan fingerprint density at radius 1 is 1.10 bits per heavy atom. The molecule has 0 saturated heterocycles. The van der Waals surface area contributed by atoms with Crippen molar-refractivity contribution in [2.24, 2.45) is 0 Å². The van der Waals surface area contributed by atoms with Gasteiger partial charge in [-0.15, -0.1) is 0 Å². The summed E-state index contributed by atoms with van der Waals surface area (Å²) in [6, 6.07) is 21.8. The third kappa shape index (κ3) is 4.64. The number of likely N-dealkylation sites (N-methyl/N-ethyl adjacent to an activating group) is 1. The number of furan rings is 1. The fraction of sp³-hybridized carbons (Fsp3) is 0.130. The zero-order valence-electron chi connectivity index (χ0n) is 16.4. The van der Waals surface area contributed by atoms with E-state index < -0.39 is 6.04 Å². The van der Waals surface area contributed by atoms with E-state index in [-0.39, 0.29) is 11.5 Å². The van der Waals surface area contributed by atoms with E-state index in [2.05, 4.69) is 9.71 Å². The minimum atomic E-state index is -0.526. The lowest BCUT2D eigenvalue weighted by Gasteiger charge is -2.24. The van der Waals surface area contributed by atoms with E-state index in [9.17, 15) is 9.59 Å². The summed E-state index contributed by atoms with van der Waals surface area (Å²) < 4.78 is 8.69. The lowest BCUT2D eigenvalue weighted by molar-refractivity contribution is -0.132. The molecule has 152 valence electrons. The molecule has 0 saturated carbocycles. The molecule has 2 aromatic carbocycles. The minimum absolute atomic E-state index is 0.0600. The molecule has 2 heterocycles. The van der Waals surface area contributed by atoms with Gasteiger partial charge in [0.25, 0.3) is 0 Å². The molecule has 0 fully saturated rings. The Morgan fingerprint density at radius 3 is 2.70 bits per heavy atom. The molecule has 2 aromatic heterocycles. The minimum Gasteiger partial charge on any atom is -0.467 e. The number of aromatic nitrogens is 1. The van der Waals surface area contributed by atoms with Crippen LogP contribution in [-0.2, 0) is 11.3 Å². The van der Waals surface area contributed by atoms with Gasteiger partial charge in [-0.25, -0.2) is 4.72 Å². The van der Waals surface area contributed by atoms with Crippen LogP contribution in [0.1, 0.15) is 17.4 Å². The van der Waals surface area contributed by atoms with Crippen LogP contribution in [0.4, 0.5) is 0 Å². The van der Waals surface area contributed by atoms with Crippen LogP contribution in [0.25, 0.3) is 10.9 Å². The molecule has 30 heavy (non-hydrogen) atoms. The highest BCUT2D eigenvalue weighted by molar-refractivity contribution is 7.97. The fourth-order valence-electron chi connectivity index (χ4n) is 3.16. The van der Waals surface area contributed by atoms with Crippen molar-refractivity contribution in [3.63, 3.8) is 0 Å². The third-order valence-corrected chi connectivity index (χ3v) is 5.56. The standard InChI is InChI=1S/C23H21N3O3S/c1-26(15-18-8-5-13-29-18)23(28)22(16-6-3-2-4-7-16)25-30-19-10-11-20-17(14-19)9-12-21(27)24-20/h2-14,22,25H,15H2,1H3,(H,24,27)/t22-/m1/s1. The Balaban J connectivity index is 1.53. The van der Waals surface area contributed by atoms with Crippen LogP contribution in [-0.4, -0.2) is 22.8 Å². The molecule has 0 aliphatic heterocycles. The zero-order valence-corrected chi connectivity index (χ0v) is 17.2. The van der Waals surface area contributed by atoms with E-state index in [0.29, 0.717) is 6.54 Å². The number of fused-ring (bicyclic) bond motifs is 1. The van der Waals surface area contributed by atoms with E-state index in [1.165, 1.54) is 18.0 Å². The van der Waals surface area contributed by atoms with Gasteiger partial charge in [0.2, 0.25) is 11.5 Å². The SMILES string of the molecule is CN(Cc1ccco1)C(=O)[C@H](NSc1ccc2[nH]c(=O)ccc2c1)c1ccccc1. The number of hydrogen-bond acceptors (Lipinski definition) is 5. The Kier molecular flexibility index (Phi) is 6.02. The van der Waals surface area contributed by atoms with Crippen LogP contribution in [0.2, 0.25) is 0 Å². The average molecular weight is 420 g/mol. The summed E-state index contributed by atoms with van der Waals surface area (Å²) in [5.41, 5.74) is 1.53. The van der Waals surface area contributed by atoms with Gasteiger partial charge in [0.1, 0.15) is 11.8 Å². The molecule has 7 heteroatoms. The van der Waals surface area contributed by atoms with Gasteiger partial charge in [0.15, 0.2) is 0 Å². The highest BCUT2D eigenvalue weighted by Gasteiger charge is 2.24. The van der Waals surface area contributed by atoms with E-state index in [0.717, 1.165) is 27.1 Å². The maximum absolute atomic E-state index is 13.2. The molecule has 0 aliphatic carbocycles. The normalized spacial score (nSPS) is 12.0. The molecule has 1 atom stereocenters. The summed E-state index contributed by atoms with van der Waals surface area (Å²) in [7, 11) is 1.76. The third-order valence-electron chi connectivity index (χ3n) is 4.72. The van der Waals surface area contributed by atoms with Crippen molar-refractivity contribution >= 4 is 28.8 Å². The molecule has 0 spiro atoms. The van der Waals surface area contributed by atoms with Crippen LogP contribution in [0.5, 0.6) is 0 Å². The first-order valence-corrected chi connectivity index (χ1v) is 10.3. The van der Waals surface area contributed by atoms with Gasteiger partial charge in [-0.3, -0.25) is 9.59 Å². The average Bonchev–Trinajstić information content (AvgIpc) is 3.27. The molecular formula is C23H21N3O3S. The highest BCUT2D eigenvalue weighted by atomic mass is 32.2. The van der Waals surface area contributed by atoms with Crippen LogP contribution in [0.15, 0.2) is 93.2 Å². The Hall–Kier alpha value is -3.29. The molecule has 1 amide bonds. The van der Waals surface area contributed by atoms with E-state index in [1.54, 1.807) is 24.3 Å². The summed E-state index contributed by atoms with van der Waals surface area (Å²) in [6.45, 7) is 0.394. The van der Waals surface area contributed by atoms with Gasteiger partial charge in [-0.2, -0.15) is 0 Å². The van der Waals surface area contributed by atoms with Crippen molar-refractivity contribution in [3.05, 3.63) is 101 Å². The number of H-pyrrole nitrogens is 1. The first kappa shape index (κ1) is 20.0. The molecule has 4 aromatic rings. The molecule has 0 unspecified atom stereocenters. The van der Waals surface area contributed by atoms with Crippen molar-refractivity contribution in [2.45, 2.75) is 17.5 Å². The number of benzene rings is 2. The summed E-state index contributed by atoms with van der Waals surface area (Å²) >= 11 is 1.38. The van der Waals surface area contributed by atoms with E-state index >= 15 is 0 Å². The van der Waals surface area contributed by atoms with Gasteiger partial charge >= 0.3 is 0 Å². The van der Waals surface area contributed by atoms with Crippen molar-refractivity contribution < 1.29 is 9.21 Å².